The van der Waals surface area contributed by atoms with Crippen molar-refractivity contribution < 1.29 is 40.0 Å². The van der Waals surface area contributed by atoms with Gasteiger partial charge in [0.15, 0.2) is 0 Å². The average Bonchev–Trinajstić information content (AvgIpc) is 3.58. The van der Waals surface area contributed by atoms with Crippen LogP contribution in [0.3, 0.4) is 0 Å². The summed E-state index contributed by atoms with van der Waals surface area (Å²) in [7, 11) is -0.421. The van der Waals surface area contributed by atoms with Gasteiger partial charge in [0.05, 0.1) is 0 Å². The van der Waals surface area contributed by atoms with E-state index < -0.39 is 45.1 Å². The summed E-state index contributed by atoms with van der Waals surface area (Å²) >= 11 is 3.01. The third kappa shape index (κ3) is 6.51. The summed E-state index contributed by atoms with van der Waals surface area (Å²) in [4.78, 5) is 24.7. The second-order valence-corrected chi connectivity index (χ2v) is 19.3. The number of carbonyl (C=O) groups is 1. The summed E-state index contributed by atoms with van der Waals surface area (Å²) in [6, 6.07) is 10.7. The molecule has 1 unspecified atom stereocenters. The van der Waals surface area contributed by atoms with E-state index in [-0.39, 0.29) is 10.0 Å². The molecule has 2 atom stereocenters. The van der Waals surface area contributed by atoms with E-state index in [1.807, 2.05) is 38.5 Å². The van der Waals surface area contributed by atoms with E-state index >= 15 is 0 Å². The number of thiophene rings is 1. The molecule has 1 N–H and O–H groups in total. The molecule has 44 heavy (non-hydrogen) atoms. The molecule has 234 valence electrons. The van der Waals surface area contributed by atoms with E-state index in [4.69, 9.17) is 19.0 Å². The first-order valence-electron chi connectivity index (χ1n) is 15.0. The molecule has 1 fully saturated rings. The fourth-order valence-corrected chi connectivity index (χ4v) is 11.8. The summed E-state index contributed by atoms with van der Waals surface area (Å²) in [5, 5.41) is 4.74. The number of alkyl halides is 1. The molecule has 5 heterocycles. The summed E-state index contributed by atoms with van der Waals surface area (Å²) in [5.74, 6) is 0. The van der Waals surface area contributed by atoms with Crippen molar-refractivity contribution in [3.8, 4) is 0 Å². The Bertz CT molecular complexity index is 1720. The SMILES string of the molecule is C[C@@H]([I-]c1cc2c(Nc3ccc4scnc4c3)ccnc2s1)C1(C)OB(C2=CCCN(C(=O)OC(C)(C)C)CC2)OC1(C)C. The molecular weight excluding hydrogens is 706 g/mol. The average molecular weight is 746 g/mol. The van der Waals surface area contributed by atoms with Crippen LogP contribution in [0.5, 0.6) is 0 Å². The third-order valence-corrected chi connectivity index (χ3v) is 14.4. The monoisotopic (exact) mass is 745 g/mol. The molecule has 3 aromatic heterocycles. The summed E-state index contributed by atoms with van der Waals surface area (Å²) in [5.41, 5.74) is 4.59. The summed E-state index contributed by atoms with van der Waals surface area (Å²) in [6.45, 7) is 15.7. The predicted octanol–water partition coefficient (Wildman–Crippen LogP) is 4.87. The Morgan fingerprint density at radius 3 is 2.77 bits per heavy atom. The number of thiazole rings is 1. The molecule has 0 saturated carbocycles. The maximum absolute atomic E-state index is 12.7. The Balaban J connectivity index is 1.14. The molecule has 1 amide bonds. The van der Waals surface area contributed by atoms with Gasteiger partial charge in [-0.05, 0) is 0 Å². The Hall–Kier alpha value is -2.26. The van der Waals surface area contributed by atoms with Crippen LogP contribution in [0, 0.1) is 2.88 Å². The Morgan fingerprint density at radius 1 is 1.16 bits per heavy atom. The number of amides is 1. The van der Waals surface area contributed by atoms with Crippen LogP contribution < -0.4 is 26.5 Å². The number of anilines is 2. The van der Waals surface area contributed by atoms with E-state index in [0.717, 1.165) is 39.0 Å². The Labute approximate surface area is 278 Å². The molecule has 2 aliphatic heterocycles. The first kappa shape index (κ1) is 31.7. The standard InChI is InChI=1S/C32H39BIN4O4S2/c1-20(32(7)31(5,6)41-33(42-32)21-9-8-15-38(16-13-21)29(39)40-30(2,3)4)34-27-18-23-24(12-14-35-28(23)44-27)37-22-10-11-26-25(17-22)36-19-43-26/h9-12,14,17-20H,8,13,15-16H2,1-7H3,(H,35,37)/q-1/t20-,32?/m1/s1. The molecule has 8 nitrogen and oxygen atoms in total. The van der Waals surface area contributed by atoms with E-state index in [9.17, 15) is 4.79 Å². The van der Waals surface area contributed by atoms with Crippen LogP contribution in [0.4, 0.5) is 16.2 Å². The van der Waals surface area contributed by atoms with Crippen molar-refractivity contribution in [2.45, 2.75) is 82.0 Å². The first-order chi connectivity index (χ1) is 20.8. The van der Waals surface area contributed by atoms with Crippen LogP contribution in [-0.2, 0) is 14.0 Å². The van der Waals surface area contributed by atoms with Gasteiger partial charge in [-0.3, -0.25) is 0 Å². The molecule has 1 aromatic carbocycles. The van der Waals surface area contributed by atoms with Gasteiger partial charge >= 0.3 is 280 Å². The van der Waals surface area contributed by atoms with Gasteiger partial charge in [-0.15, -0.1) is 0 Å². The van der Waals surface area contributed by atoms with Crippen LogP contribution in [0.25, 0.3) is 20.4 Å². The molecule has 0 aliphatic carbocycles. The zero-order chi connectivity index (χ0) is 31.3. The Morgan fingerprint density at radius 2 is 1.98 bits per heavy atom. The topological polar surface area (TPSA) is 85.8 Å². The summed E-state index contributed by atoms with van der Waals surface area (Å²) < 4.78 is 21.9. The van der Waals surface area contributed by atoms with E-state index in [0.29, 0.717) is 19.5 Å². The quantitative estimate of drug-likeness (QED) is 0.172. The molecule has 0 radical (unpaired) electrons. The molecule has 6 rings (SSSR count). The number of rotatable bonds is 6. The van der Waals surface area contributed by atoms with E-state index in [2.05, 4.69) is 68.3 Å². The van der Waals surface area contributed by atoms with Crippen LogP contribution in [0.2, 0.25) is 0 Å². The van der Waals surface area contributed by atoms with Crippen molar-refractivity contribution in [3.63, 3.8) is 0 Å². The van der Waals surface area contributed by atoms with Crippen LogP contribution >= 0.6 is 22.7 Å². The van der Waals surface area contributed by atoms with Crippen LogP contribution in [0.15, 0.2) is 53.6 Å². The molecule has 0 spiro atoms. The number of benzene rings is 1. The fourth-order valence-electron chi connectivity index (χ4n) is 5.53. The molecule has 1 saturated heterocycles. The van der Waals surface area contributed by atoms with Gasteiger partial charge in [0.1, 0.15) is 0 Å². The van der Waals surface area contributed by atoms with E-state index in [1.54, 1.807) is 27.6 Å². The molecule has 12 heteroatoms. The minimum absolute atomic E-state index is 0.263. The van der Waals surface area contributed by atoms with Crippen molar-refractivity contribution in [1.29, 1.82) is 0 Å². The third-order valence-electron chi connectivity index (χ3n) is 8.42. The second-order valence-electron chi connectivity index (χ2n) is 13.0. The number of nitrogens with zero attached hydrogens (tertiary/aromatic N) is 3. The number of pyridine rings is 1. The van der Waals surface area contributed by atoms with Gasteiger partial charge in [0.25, 0.3) is 0 Å². The number of ether oxygens (including phenoxy) is 1. The zero-order valence-electron chi connectivity index (χ0n) is 26.3. The number of carbonyl (C=O) groups excluding carboxylic acids is 1. The van der Waals surface area contributed by atoms with Crippen molar-refractivity contribution in [2.75, 3.05) is 18.4 Å². The normalized spacial score (nSPS) is 21.5. The van der Waals surface area contributed by atoms with Gasteiger partial charge in [0, 0.05) is 0 Å². The van der Waals surface area contributed by atoms with Crippen LogP contribution in [0.1, 0.15) is 61.3 Å². The van der Waals surface area contributed by atoms with Crippen molar-refractivity contribution >= 4 is 67.7 Å². The molecule has 4 aromatic rings. The molecule has 0 bridgehead atoms. The second kappa shape index (κ2) is 12.2. The number of hydrogen-bond donors (Lipinski definition) is 1. The van der Waals surface area contributed by atoms with Gasteiger partial charge in [-0.1, -0.05) is 0 Å². The van der Waals surface area contributed by atoms with Gasteiger partial charge in [0.2, 0.25) is 0 Å². The number of fused-ring (bicyclic) bond motifs is 2. The summed E-state index contributed by atoms with van der Waals surface area (Å²) in [6.07, 6.45) is 5.25. The number of halogens is 1. The maximum atomic E-state index is 12.7. The van der Waals surface area contributed by atoms with Gasteiger partial charge in [-0.25, -0.2) is 0 Å². The predicted molar refractivity (Wildman–Crippen MR) is 176 cm³/mol. The van der Waals surface area contributed by atoms with Crippen molar-refractivity contribution in [2.24, 2.45) is 0 Å². The molecular formula is C32H39BIN4O4S2-. The van der Waals surface area contributed by atoms with Gasteiger partial charge < -0.3 is 0 Å². The van der Waals surface area contributed by atoms with Crippen molar-refractivity contribution in [3.05, 3.63) is 56.5 Å². The number of hydrogen-bond acceptors (Lipinski definition) is 9. The first-order valence-corrected chi connectivity index (χ1v) is 19.0. The zero-order valence-corrected chi connectivity index (χ0v) is 30.1. The van der Waals surface area contributed by atoms with Gasteiger partial charge in [-0.2, -0.15) is 0 Å². The number of aromatic nitrogens is 2. The van der Waals surface area contributed by atoms with E-state index in [1.165, 1.54) is 7.58 Å². The van der Waals surface area contributed by atoms with Crippen molar-refractivity contribution in [1.82, 2.24) is 14.9 Å². The number of nitrogens with one attached hydrogen (secondary N) is 1. The Kier molecular flexibility index (Phi) is 8.77. The molecule has 2 aliphatic rings. The fraction of sp³-hybridized carbons (Fsp3) is 0.469. The minimum atomic E-state index is -0.512. The van der Waals surface area contributed by atoms with Crippen LogP contribution in [-0.4, -0.2) is 61.9 Å².